The molecule has 3 nitrogen and oxygen atoms in total. The Morgan fingerprint density at radius 3 is 2.22 bits per heavy atom. The lowest BCUT2D eigenvalue weighted by Gasteiger charge is -2.41. The zero-order chi connectivity index (χ0) is 13.7. The van der Waals surface area contributed by atoms with E-state index in [9.17, 15) is 4.79 Å². The SMILES string of the molecule is CC(C)(C)C(=O)C1CC2CNCC2N1C(C)(C)C. The van der Waals surface area contributed by atoms with Crippen molar-refractivity contribution in [1.82, 2.24) is 10.2 Å². The molecule has 3 heteroatoms. The zero-order valence-corrected chi connectivity index (χ0v) is 12.7. The second-order valence-electron chi connectivity index (χ2n) is 7.93. The molecule has 1 N–H and O–H groups in total. The molecule has 3 atom stereocenters. The third-order valence-corrected chi connectivity index (χ3v) is 4.34. The maximum atomic E-state index is 12.7. The van der Waals surface area contributed by atoms with Crippen molar-refractivity contribution in [2.75, 3.05) is 13.1 Å². The van der Waals surface area contributed by atoms with Crippen molar-refractivity contribution in [3.8, 4) is 0 Å². The molecule has 2 saturated heterocycles. The number of fused-ring (bicyclic) bond motifs is 1. The highest BCUT2D eigenvalue weighted by atomic mass is 16.1. The van der Waals surface area contributed by atoms with Gasteiger partial charge in [-0.25, -0.2) is 0 Å². The van der Waals surface area contributed by atoms with E-state index in [4.69, 9.17) is 0 Å². The molecule has 0 spiro atoms. The van der Waals surface area contributed by atoms with Crippen LogP contribution >= 0.6 is 0 Å². The minimum Gasteiger partial charge on any atom is -0.315 e. The van der Waals surface area contributed by atoms with Gasteiger partial charge >= 0.3 is 0 Å². The molecule has 18 heavy (non-hydrogen) atoms. The molecule has 0 aromatic heterocycles. The quantitative estimate of drug-likeness (QED) is 0.775. The lowest BCUT2D eigenvalue weighted by Crippen LogP contribution is -2.55. The number of nitrogens with zero attached hydrogens (tertiary/aromatic N) is 1. The lowest BCUT2D eigenvalue weighted by molar-refractivity contribution is -0.133. The second-order valence-corrected chi connectivity index (χ2v) is 7.93. The first-order valence-electron chi connectivity index (χ1n) is 7.16. The van der Waals surface area contributed by atoms with E-state index >= 15 is 0 Å². The molecular weight excluding hydrogens is 224 g/mol. The van der Waals surface area contributed by atoms with Crippen molar-refractivity contribution in [3.63, 3.8) is 0 Å². The number of rotatable bonds is 1. The van der Waals surface area contributed by atoms with Crippen LogP contribution in [-0.2, 0) is 4.79 Å². The van der Waals surface area contributed by atoms with Gasteiger partial charge in [-0.15, -0.1) is 0 Å². The van der Waals surface area contributed by atoms with Gasteiger partial charge in [-0.1, -0.05) is 20.8 Å². The van der Waals surface area contributed by atoms with Crippen molar-refractivity contribution in [2.45, 2.75) is 65.6 Å². The molecule has 2 heterocycles. The normalized spacial score (nSPS) is 33.8. The number of hydrogen-bond acceptors (Lipinski definition) is 3. The summed E-state index contributed by atoms with van der Waals surface area (Å²) in [5.74, 6) is 1.06. The van der Waals surface area contributed by atoms with Crippen LogP contribution in [0.3, 0.4) is 0 Å². The van der Waals surface area contributed by atoms with Gasteiger partial charge in [0.1, 0.15) is 0 Å². The molecule has 2 fully saturated rings. The van der Waals surface area contributed by atoms with Crippen molar-refractivity contribution < 1.29 is 4.79 Å². The van der Waals surface area contributed by atoms with Crippen LogP contribution in [0, 0.1) is 11.3 Å². The van der Waals surface area contributed by atoms with Crippen LogP contribution < -0.4 is 5.32 Å². The van der Waals surface area contributed by atoms with E-state index in [1.54, 1.807) is 0 Å². The molecule has 0 aromatic rings. The number of likely N-dealkylation sites (tertiary alicyclic amines) is 1. The molecule has 0 aromatic carbocycles. The monoisotopic (exact) mass is 252 g/mol. The van der Waals surface area contributed by atoms with Gasteiger partial charge in [-0.2, -0.15) is 0 Å². The fourth-order valence-electron chi connectivity index (χ4n) is 3.61. The molecule has 104 valence electrons. The summed E-state index contributed by atoms with van der Waals surface area (Å²) in [7, 11) is 0. The van der Waals surface area contributed by atoms with Crippen LogP contribution in [0.2, 0.25) is 0 Å². The summed E-state index contributed by atoms with van der Waals surface area (Å²) in [4.78, 5) is 15.2. The van der Waals surface area contributed by atoms with E-state index in [0.29, 0.717) is 17.7 Å². The van der Waals surface area contributed by atoms with Crippen LogP contribution in [0.5, 0.6) is 0 Å². The maximum absolute atomic E-state index is 12.7. The molecule has 2 aliphatic rings. The van der Waals surface area contributed by atoms with Crippen LogP contribution in [0.25, 0.3) is 0 Å². The van der Waals surface area contributed by atoms with E-state index in [0.717, 1.165) is 19.5 Å². The second kappa shape index (κ2) is 4.31. The Hall–Kier alpha value is -0.410. The van der Waals surface area contributed by atoms with Gasteiger partial charge in [0.05, 0.1) is 6.04 Å². The molecule has 2 rings (SSSR count). The molecule has 0 radical (unpaired) electrons. The summed E-state index contributed by atoms with van der Waals surface area (Å²) in [6.07, 6.45) is 1.03. The molecule has 0 amide bonds. The third kappa shape index (κ3) is 2.35. The average Bonchev–Trinajstić information content (AvgIpc) is 2.70. The van der Waals surface area contributed by atoms with E-state index in [1.165, 1.54) is 0 Å². The third-order valence-electron chi connectivity index (χ3n) is 4.34. The van der Waals surface area contributed by atoms with Gasteiger partial charge in [0, 0.05) is 23.5 Å². The standard InChI is InChI=1S/C15H28N2O/c1-14(2,3)13(18)11-7-10-8-16-9-12(10)17(11)15(4,5)6/h10-12,16H,7-9H2,1-6H3. The summed E-state index contributed by atoms with van der Waals surface area (Å²) < 4.78 is 0. The number of hydrogen-bond donors (Lipinski definition) is 1. The predicted octanol–water partition coefficient (Wildman–Crippen LogP) is 2.06. The van der Waals surface area contributed by atoms with Gasteiger partial charge in [-0.05, 0) is 39.7 Å². The van der Waals surface area contributed by atoms with Crippen LogP contribution in [0.4, 0.5) is 0 Å². The van der Waals surface area contributed by atoms with Crippen LogP contribution in [0.1, 0.15) is 48.0 Å². The summed E-state index contributed by atoms with van der Waals surface area (Å²) >= 11 is 0. The summed E-state index contributed by atoms with van der Waals surface area (Å²) in [6, 6.07) is 0.656. The first-order valence-corrected chi connectivity index (χ1v) is 7.16. The van der Waals surface area contributed by atoms with Gasteiger partial charge in [0.2, 0.25) is 0 Å². The highest BCUT2D eigenvalue weighted by molar-refractivity contribution is 5.89. The molecular formula is C15H28N2O. The number of carbonyl (C=O) groups is 1. The van der Waals surface area contributed by atoms with Gasteiger partial charge < -0.3 is 5.32 Å². The van der Waals surface area contributed by atoms with Crippen LogP contribution in [-0.4, -0.2) is 41.4 Å². The highest BCUT2D eigenvalue weighted by Crippen LogP contribution is 2.40. The van der Waals surface area contributed by atoms with E-state index in [-0.39, 0.29) is 17.0 Å². The fraction of sp³-hybridized carbons (Fsp3) is 0.933. The average molecular weight is 252 g/mol. The van der Waals surface area contributed by atoms with Gasteiger partial charge in [0.15, 0.2) is 5.78 Å². The Morgan fingerprint density at radius 1 is 1.11 bits per heavy atom. The minimum atomic E-state index is -0.236. The van der Waals surface area contributed by atoms with Gasteiger partial charge in [-0.3, -0.25) is 9.69 Å². The number of nitrogens with one attached hydrogen (secondary N) is 1. The van der Waals surface area contributed by atoms with E-state index in [2.05, 4.69) is 31.0 Å². The Bertz CT molecular complexity index is 337. The van der Waals surface area contributed by atoms with Crippen molar-refractivity contribution >= 4 is 5.78 Å². The van der Waals surface area contributed by atoms with E-state index < -0.39 is 0 Å². The zero-order valence-electron chi connectivity index (χ0n) is 12.7. The van der Waals surface area contributed by atoms with E-state index in [1.807, 2.05) is 20.8 Å². The topological polar surface area (TPSA) is 32.3 Å². The highest BCUT2D eigenvalue weighted by Gasteiger charge is 2.51. The minimum absolute atomic E-state index is 0.0665. The Morgan fingerprint density at radius 2 is 1.72 bits per heavy atom. The fourth-order valence-corrected chi connectivity index (χ4v) is 3.61. The molecule has 3 unspecified atom stereocenters. The first-order chi connectivity index (χ1) is 8.12. The largest absolute Gasteiger partial charge is 0.315 e. The van der Waals surface area contributed by atoms with Crippen molar-refractivity contribution in [2.24, 2.45) is 11.3 Å². The molecule has 0 saturated carbocycles. The summed E-state index contributed by atoms with van der Waals surface area (Å²) in [5, 5.41) is 3.47. The Labute approximate surface area is 111 Å². The van der Waals surface area contributed by atoms with Crippen molar-refractivity contribution in [1.29, 1.82) is 0 Å². The number of ketones is 1. The first kappa shape index (κ1) is 14.0. The van der Waals surface area contributed by atoms with Crippen LogP contribution in [0.15, 0.2) is 0 Å². The summed E-state index contributed by atoms with van der Waals surface area (Å²) in [5.41, 5.74) is -0.169. The number of carbonyl (C=O) groups excluding carboxylic acids is 1. The van der Waals surface area contributed by atoms with Crippen molar-refractivity contribution in [3.05, 3.63) is 0 Å². The molecule has 0 aliphatic carbocycles. The predicted molar refractivity (Wildman–Crippen MR) is 74.6 cm³/mol. The maximum Gasteiger partial charge on any atom is 0.155 e. The molecule has 2 aliphatic heterocycles. The summed E-state index contributed by atoms with van der Waals surface area (Å²) in [6.45, 7) is 14.9. The van der Waals surface area contributed by atoms with Gasteiger partial charge in [0.25, 0.3) is 0 Å². The Kier molecular flexibility index (Phi) is 3.35. The number of Topliss-reactive ketones (excluding diaryl/α,β-unsaturated/α-hetero) is 1. The smallest absolute Gasteiger partial charge is 0.155 e. The molecule has 0 bridgehead atoms. The Balaban J connectivity index is 2.27. The lowest BCUT2D eigenvalue weighted by atomic mass is 9.84.